The Morgan fingerprint density at radius 1 is 1.36 bits per heavy atom. The molecule has 0 saturated heterocycles. The molecule has 14 heavy (non-hydrogen) atoms. The van der Waals surface area contributed by atoms with E-state index in [4.69, 9.17) is 0 Å². The van der Waals surface area contributed by atoms with Gasteiger partial charge in [-0.1, -0.05) is 26.3 Å². The molecule has 1 heterocycles. The molecular weight excluding hydrogens is 190 g/mol. The first kappa shape index (κ1) is 11.7. The van der Waals surface area contributed by atoms with Gasteiger partial charge in [-0.15, -0.1) is 11.3 Å². The lowest BCUT2D eigenvalue weighted by Crippen LogP contribution is -2.33. The lowest BCUT2D eigenvalue weighted by atomic mass is 10.00. The van der Waals surface area contributed by atoms with Gasteiger partial charge >= 0.3 is 0 Å². The predicted octanol–water partition coefficient (Wildman–Crippen LogP) is 3.83. The van der Waals surface area contributed by atoms with Crippen LogP contribution in [0.25, 0.3) is 0 Å². The van der Waals surface area contributed by atoms with Gasteiger partial charge in [0.25, 0.3) is 0 Å². The fraction of sp³-hybridized carbons (Fsp3) is 0.667. The zero-order valence-corrected chi connectivity index (χ0v) is 10.4. The first-order chi connectivity index (χ1) is 6.65. The van der Waals surface area contributed by atoms with Crippen molar-refractivity contribution < 1.29 is 0 Å². The second-order valence-electron chi connectivity index (χ2n) is 4.08. The summed E-state index contributed by atoms with van der Waals surface area (Å²) >= 11 is 1.83. The molecule has 0 spiro atoms. The molecule has 0 amide bonds. The molecule has 1 rings (SSSR count). The maximum absolute atomic E-state index is 3.64. The molecule has 0 aliphatic rings. The highest BCUT2D eigenvalue weighted by molar-refractivity contribution is 7.10. The maximum atomic E-state index is 3.64. The SMILES string of the molecule is CCC(C)C(C)N[C@H](C)c1cccs1. The number of thiophene rings is 1. The molecule has 2 heteroatoms. The van der Waals surface area contributed by atoms with Gasteiger partial charge in [0.1, 0.15) is 0 Å². The van der Waals surface area contributed by atoms with Crippen LogP contribution in [0.1, 0.15) is 45.0 Å². The minimum Gasteiger partial charge on any atom is -0.307 e. The van der Waals surface area contributed by atoms with Gasteiger partial charge < -0.3 is 5.32 Å². The highest BCUT2D eigenvalue weighted by atomic mass is 32.1. The van der Waals surface area contributed by atoms with E-state index in [2.05, 4.69) is 50.5 Å². The van der Waals surface area contributed by atoms with E-state index < -0.39 is 0 Å². The minimum absolute atomic E-state index is 0.485. The molecule has 0 aromatic carbocycles. The Morgan fingerprint density at radius 3 is 2.57 bits per heavy atom. The number of rotatable bonds is 5. The van der Waals surface area contributed by atoms with Crippen LogP contribution < -0.4 is 5.32 Å². The van der Waals surface area contributed by atoms with Crippen molar-refractivity contribution in [2.45, 2.75) is 46.2 Å². The Balaban J connectivity index is 2.44. The number of nitrogens with one attached hydrogen (secondary N) is 1. The Kier molecular flexibility index (Phi) is 4.63. The minimum atomic E-state index is 0.485. The summed E-state index contributed by atoms with van der Waals surface area (Å²) in [4.78, 5) is 1.43. The van der Waals surface area contributed by atoms with Crippen LogP contribution in [-0.2, 0) is 0 Å². The molecule has 0 aliphatic heterocycles. The average molecular weight is 211 g/mol. The molecule has 1 nitrogen and oxygen atoms in total. The van der Waals surface area contributed by atoms with E-state index in [1.807, 2.05) is 11.3 Å². The Hall–Kier alpha value is -0.340. The van der Waals surface area contributed by atoms with E-state index in [9.17, 15) is 0 Å². The monoisotopic (exact) mass is 211 g/mol. The van der Waals surface area contributed by atoms with Crippen LogP contribution >= 0.6 is 11.3 Å². The third-order valence-electron chi connectivity index (χ3n) is 2.98. The van der Waals surface area contributed by atoms with Gasteiger partial charge in [-0.25, -0.2) is 0 Å². The predicted molar refractivity (Wildman–Crippen MR) is 64.8 cm³/mol. The normalized spacial score (nSPS) is 17.7. The van der Waals surface area contributed by atoms with Crippen molar-refractivity contribution in [1.29, 1.82) is 0 Å². The summed E-state index contributed by atoms with van der Waals surface area (Å²) in [6, 6.07) is 5.40. The summed E-state index contributed by atoms with van der Waals surface area (Å²) in [7, 11) is 0. The second-order valence-corrected chi connectivity index (χ2v) is 5.06. The molecule has 1 aromatic rings. The fourth-order valence-electron chi connectivity index (χ4n) is 1.53. The van der Waals surface area contributed by atoms with Gasteiger partial charge in [0.15, 0.2) is 0 Å². The number of hydrogen-bond donors (Lipinski definition) is 1. The van der Waals surface area contributed by atoms with Crippen molar-refractivity contribution in [1.82, 2.24) is 5.32 Å². The topological polar surface area (TPSA) is 12.0 Å². The Morgan fingerprint density at radius 2 is 2.07 bits per heavy atom. The third-order valence-corrected chi connectivity index (χ3v) is 4.04. The average Bonchev–Trinajstić information content (AvgIpc) is 2.69. The molecule has 80 valence electrons. The maximum Gasteiger partial charge on any atom is 0.0388 e. The van der Waals surface area contributed by atoms with Crippen molar-refractivity contribution >= 4 is 11.3 Å². The van der Waals surface area contributed by atoms with Crippen molar-refractivity contribution in [2.75, 3.05) is 0 Å². The Bertz CT molecular complexity index is 243. The van der Waals surface area contributed by atoms with E-state index in [1.165, 1.54) is 11.3 Å². The largest absolute Gasteiger partial charge is 0.307 e. The van der Waals surface area contributed by atoms with Crippen LogP contribution in [0.5, 0.6) is 0 Å². The van der Waals surface area contributed by atoms with Gasteiger partial charge in [0, 0.05) is 17.0 Å². The molecular formula is C12H21NS. The van der Waals surface area contributed by atoms with Crippen molar-refractivity contribution in [2.24, 2.45) is 5.92 Å². The molecule has 0 aliphatic carbocycles. The number of hydrogen-bond acceptors (Lipinski definition) is 2. The van der Waals surface area contributed by atoms with Crippen LogP contribution in [0.15, 0.2) is 17.5 Å². The second kappa shape index (κ2) is 5.52. The van der Waals surface area contributed by atoms with Crippen molar-refractivity contribution in [3.05, 3.63) is 22.4 Å². The van der Waals surface area contributed by atoms with E-state index in [0.717, 1.165) is 5.92 Å². The van der Waals surface area contributed by atoms with Gasteiger partial charge in [-0.05, 0) is 31.2 Å². The van der Waals surface area contributed by atoms with Gasteiger partial charge in [0.2, 0.25) is 0 Å². The van der Waals surface area contributed by atoms with Crippen LogP contribution in [-0.4, -0.2) is 6.04 Å². The summed E-state index contributed by atoms with van der Waals surface area (Å²) in [5.41, 5.74) is 0. The summed E-state index contributed by atoms with van der Waals surface area (Å²) in [5.74, 6) is 0.748. The van der Waals surface area contributed by atoms with Gasteiger partial charge in [-0.2, -0.15) is 0 Å². The van der Waals surface area contributed by atoms with E-state index in [0.29, 0.717) is 12.1 Å². The fourth-order valence-corrected chi connectivity index (χ4v) is 2.28. The standard InChI is InChI=1S/C12H21NS/c1-5-9(2)10(3)13-11(4)12-7-6-8-14-12/h6-11,13H,5H2,1-4H3/t9?,10?,11-/m1/s1. The zero-order valence-electron chi connectivity index (χ0n) is 9.58. The molecule has 2 unspecified atom stereocenters. The van der Waals surface area contributed by atoms with E-state index >= 15 is 0 Å². The van der Waals surface area contributed by atoms with Crippen LogP contribution in [0, 0.1) is 5.92 Å². The molecule has 3 atom stereocenters. The molecule has 0 radical (unpaired) electrons. The first-order valence-corrected chi connectivity index (χ1v) is 6.32. The van der Waals surface area contributed by atoms with Crippen LogP contribution in [0.4, 0.5) is 0 Å². The van der Waals surface area contributed by atoms with Gasteiger partial charge in [-0.3, -0.25) is 0 Å². The van der Waals surface area contributed by atoms with E-state index in [1.54, 1.807) is 0 Å². The lowest BCUT2D eigenvalue weighted by Gasteiger charge is -2.23. The van der Waals surface area contributed by atoms with Crippen LogP contribution in [0.2, 0.25) is 0 Å². The van der Waals surface area contributed by atoms with Gasteiger partial charge in [0.05, 0.1) is 0 Å². The summed E-state index contributed by atoms with van der Waals surface area (Å²) in [6.07, 6.45) is 1.24. The molecule has 0 saturated carbocycles. The molecule has 1 aromatic heterocycles. The summed E-state index contributed by atoms with van der Waals surface area (Å²) in [6.45, 7) is 9.07. The molecule has 0 bridgehead atoms. The quantitative estimate of drug-likeness (QED) is 0.780. The summed E-state index contributed by atoms with van der Waals surface area (Å²) in [5, 5.41) is 5.78. The highest BCUT2D eigenvalue weighted by Crippen LogP contribution is 2.20. The lowest BCUT2D eigenvalue weighted by molar-refractivity contribution is 0.362. The van der Waals surface area contributed by atoms with Crippen molar-refractivity contribution in [3.8, 4) is 0 Å². The Labute approximate surface area is 91.5 Å². The summed E-state index contributed by atoms with van der Waals surface area (Å²) < 4.78 is 0. The highest BCUT2D eigenvalue weighted by Gasteiger charge is 2.14. The molecule has 1 N–H and O–H groups in total. The smallest absolute Gasteiger partial charge is 0.0388 e. The van der Waals surface area contributed by atoms with Crippen molar-refractivity contribution in [3.63, 3.8) is 0 Å². The first-order valence-electron chi connectivity index (χ1n) is 5.44. The van der Waals surface area contributed by atoms with E-state index in [-0.39, 0.29) is 0 Å². The molecule has 0 fully saturated rings. The van der Waals surface area contributed by atoms with Crippen LogP contribution in [0.3, 0.4) is 0 Å². The third kappa shape index (κ3) is 3.10. The zero-order chi connectivity index (χ0) is 10.6.